The third kappa shape index (κ3) is 5.57. The molecule has 3 heteroatoms. The van der Waals surface area contributed by atoms with E-state index in [0.29, 0.717) is 29.9 Å². The standard InChI is InChI=1S/C19H24Se2Si/c1-15-6-10-17(11-7-15)20-14-19(22(3,4)5)21-18-12-8-16(2)9-13-18/h6-14H,1-5H3/b19-14-. The molecule has 0 spiro atoms. The fourth-order valence-corrected chi connectivity index (χ4v) is 10.9. The molecule has 0 unspecified atom stereocenters. The Balaban J connectivity index is 2.17. The molecule has 0 N–H and O–H groups in total. The minimum atomic E-state index is -1.24. The van der Waals surface area contributed by atoms with E-state index in [9.17, 15) is 0 Å². The van der Waals surface area contributed by atoms with E-state index in [1.54, 1.807) is 4.09 Å². The first-order valence-electron chi connectivity index (χ1n) is 7.53. The van der Waals surface area contributed by atoms with Crippen molar-refractivity contribution in [1.29, 1.82) is 0 Å². The van der Waals surface area contributed by atoms with Gasteiger partial charge in [-0.05, 0) is 0 Å². The van der Waals surface area contributed by atoms with Gasteiger partial charge in [0.25, 0.3) is 0 Å². The Bertz CT molecular complexity index is 635. The van der Waals surface area contributed by atoms with Gasteiger partial charge in [-0.3, -0.25) is 0 Å². The molecule has 0 fully saturated rings. The van der Waals surface area contributed by atoms with Gasteiger partial charge >= 0.3 is 149 Å². The van der Waals surface area contributed by atoms with Gasteiger partial charge in [-0.2, -0.15) is 0 Å². The van der Waals surface area contributed by atoms with Crippen molar-refractivity contribution in [2.45, 2.75) is 33.5 Å². The Morgan fingerprint density at radius 2 is 1.23 bits per heavy atom. The van der Waals surface area contributed by atoms with Gasteiger partial charge in [0.15, 0.2) is 0 Å². The molecule has 0 aliphatic heterocycles. The van der Waals surface area contributed by atoms with E-state index >= 15 is 0 Å². The number of rotatable bonds is 5. The summed E-state index contributed by atoms with van der Waals surface area (Å²) in [5.74, 6) is 0. The molecule has 0 aliphatic carbocycles. The van der Waals surface area contributed by atoms with E-state index in [1.807, 2.05) is 0 Å². The Labute approximate surface area is 148 Å². The SMILES string of the molecule is Cc1ccc([Se]/C=C(/[Se]c2ccc(C)cc2)[Si](C)(C)C)cc1. The first-order valence-corrected chi connectivity index (χ1v) is 14.6. The van der Waals surface area contributed by atoms with E-state index in [0.717, 1.165) is 0 Å². The summed E-state index contributed by atoms with van der Waals surface area (Å²) in [5, 5.41) is 0. The van der Waals surface area contributed by atoms with Crippen LogP contribution in [0, 0.1) is 13.8 Å². The van der Waals surface area contributed by atoms with Gasteiger partial charge in [0.05, 0.1) is 0 Å². The molecule has 0 heterocycles. The van der Waals surface area contributed by atoms with Crippen LogP contribution in [0.1, 0.15) is 11.1 Å². The van der Waals surface area contributed by atoms with Crippen molar-refractivity contribution in [2.24, 2.45) is 0 Å². The molecular weight excluding hydrogens is 414 g/mol. The Hall–Kier alpha value is -0.564. The van der Waals surface area contributed by atoms with Crippen molar-refractivity contribution < 1.29 is 0 Å². The van der Waals surface area contributed by atoms with Crippen molar-refractivity contribution in [2.75, 3.05) is 0 Å². The third-order valence-electron chi connectivity index (χ3n) is 3.31. The molecule has 2 aromatic rings. The van der Waals surface area contributed by atoms with Crippen LogP contribution >= 0.6 is 0 Å². The van der Waals surface area contributed by atoms with Gasteiger partial charge in [0.2, 0.25) is 0 Å². The fraction of sp³-hybridized carbons (Fsp3) is 0.263. The second kappa shape index (κ2) is 7.81. The van der Waals surface area contributed by atoms with Gasteiger partial charge in [0, 0.05) is 0 Å². The van der Waals surface area contributed by atoms with Crippen LogP contribution in [0.2, 0.25) is 19.6 Å². The molecule has 0 nitrogen and oxygen atoms in total. The molecule has 0 aromatic heterocycles. The summed E-state index contributed by atoms with van der Waals surface area (Å²) in [7, 11) is -1.24. The maximum atomic E-state index is 2.57. The van der Waals surface area contributed by atoms with Gasteiger partial charge < -0.3 is 0 Å². The zero-order chi connectivity index (χ0) is 16.2. The topological polar surface area (TPSA) is 0 Å². The van der Waals surface area contributed by atoms with Gasteiger partial charge in [-0.1, -0.05) is 0 Å². The summed E-state index contributed by atoms with van der Waals surface area (Å²) in [6.45, 7) is 11.7. The van der Waals surface area contributed by atoms with Crippen LogP contribution in [-0.2, 0) is 0 Å². The van der Waals surface area contributed by atoms with Crippen molar-refractivity contribution >= 4 is 46.9 Å². The van der Waals surface area contributed by atoms with Crippen LogP contribution in [0.5, 0.6) is 0 Å². The summed E-state index contributed by atoms with van der Waals surface area (Å²) < 4.78 is 4.73. The Kier molecular flexibility index (Phi) is 6.31. The number of aryl methyl sites for hydroxylation is 2. The van der Waals surface area contributed by atoms with E-state index in [-0.39, 0.29) is 0 Å². The summed E-state index contributed by atoms with van der Waals surface area (Å²) in [6.07, 6.45) is 0. The molecule has 2 rings (SSSR count). The number of hydrogen-bond acceptors (Lipinski definition) is 0. The zero-order valence-electron chi connectivity index (χ0n) is 14.0. The van der Waals surface area contributed by atoms with Crippen LogP contribution in [0.3, 0.4) is 0 Å². The summed E-state index contributed by atoms with van der Waals surface area (Å²) in [4.78, 5) is 2.57. The predicted octanol–water partition coefficient (Wildman–Crippen LogP) is 3.38. The molecular formula is C19H24Se2Si. The zero-order valence-corrected chi connectivity index (χ0v) is 18.4. The molecule has 0 saturated heterocycles. The van der Waals surface area contributed by atoms with Crippen LogP contribution in [0.15, 0.2) is 57.6 Å². The molecule has 0 bridgehead atoms. The third-order valence-corrected chi connectivity index (χ3v) is 14.2. The summed E-state index contributed by atoms with van der Waals surface area (Å²) in [6, 6.07) is 18.1. The average molecular weight is 438 g/mol. The van der Waals surface area contributed by atoms with Gasteiger partial charge in [-0.15, -0.1) is 0 Å². The second-order valence-electron chi connectivity index (χ2n) is 6.58. The van der Waals surface area contributed by atoms with Crippen LogP contribution in [-0.4, -0.2) is 38.0 Å². The van der Waals surface area contributed by atoms with Crippen molar-refractivity contribution in [3.05, 3.63) is 68.7 Å². The van der Waals surface area contributed by atoms with Crippen molar-refractivity contribution in [3.63, 3.8) is 0 Å². The second-order valence-corrected chi connectivity index (χ2v) is 16.7. The predicted molar refractivity (Wildman–Crippen MR) is 105 cm³/mol. The molecule has 116 valence electrons. The summed E-state index contributed by atoms with van der Waals surface area (Å²) in [5.41, 5.74) is 2.69. The Morgan fingerprint density at radius 3 is 1.68 bits per heavy atom. The van der Waals surface area contributed by atoms with Crippen molar-refractivity contribution in [3.8, 4) is 0 Å². The van der Waals surface area contributed by atoms with Crippen LogP contribution < -0.4 is 8.92 Å². The molecule has 0 aliphatic rings. The van der Waals surface area contributed by atoms with Crippen LogP contribution in [0.25, 0.3) is 0 Å². The average Bonchev–Trinajstić information content (AvgIpc) is 2.46. The molecule has 22 heavy (non-hydrogen) atoms. The quantitative estimate of drug-likeness (QED) is 0.628. The van der Waals surface area contributed by atoms with E-state index in [2.05, 4.69) is 87.0 Å². The van der Waals surface area contributed by atoms with E-state index in [1.165, 1.54) is 20.1 Å². The van der Waals surface area contributed by atoms with Gasteiger partial charge in [0.1, 0.15) is 0 Å². The molecule has 2 aromatic carbocycles. The van der Waals surface area contributed by atoms with Crippen LogP contribution in [0.4, 0.5) is 0 Å². The minimum absolute atomic E-state index is 0.454. The van der Waals surface area contributed by atoms with E-state index < -0.39 is 8.07 Å². The first kappa shape index (κ1) is 17.8. The van der Waals surface area contributed by atoms with Crippen molar-refractivity contribution in [1.82, 2.24) is 0 Å². The molecule has 0 radical (unpaired) electrons. The van der Waals surface area contributed by atoms with E-state index in [4.69, 9.17) is 0 Å². The molecule has 0 amide bonds. The number of benzene rings is 2. The summed E-state index contributed by atoms with van der Waals surface area (Å²) >= 11 is 0.931. The Morgan fingerprint density at radius 1 is 0.773 bits per heavy atom. The maximum absolute atomic E-state index is 2.57. The normalized spacial score (nSPS) is 12.5. The molecule has 0 atom stereocenters. The van der Waals surface area contributed by atoms with Gasteiger partial charge in [-0.25, -0.2) is 0 Å². The number of hydrogen-bond donors (Lipinski definition) is 0. The fourth-order valence-electron chi connectivity index (χ4n) is 1.83. The first-order chi connectivity index (χ1) is 10.3. The monoisotopic (exact) mass is 440 g/mol. The molecule has 0 saturated carbocycles.